The fourth-order valence-corrected chi connectivity index (χ4v) is 1.80. The van der Waals surface area contributed by atoms with Gasteiger partial charge < -0.3 is 0 Å². The van der Waals surface area contributed by atoms with Crippen LogP contribution in [0.1, 0.15) is 11.1 Å². The van der Waals surface area contributed by atoms with Crippen molar-refractivity contribution in [1.82, 2.24) is 0 Å². The number of halogens is 2. The first-order valence-corrected chi connectivity index (χ1v) is 12.3. The Bertz CT molecular complexity index is 550. The third-order valence-corrected chi connectivity index (χ3v) is 2.70. The summed E-state index contributed by atoms with van der Waals surface area (Å²) in [6.45, 7) is 4.28. The number of aryl methyl sites for hydroxylation is 2. The molecular formula is C16H16Cl2Zr. The summed E-state index contributed by atoms with van der Waals surface area (Å²) in [4.78, 5) is 0. The van der Waals surface area contributed by atoms with Crippen molar-refractivity contribution in [2.45, 2.75) is 13.8 Å². The van der Waals surface area contributed by atoms with Crippen molar-refractivity contribution in [3.8, 4) is 0 Å². The molecule has 3 heteroatoms. The first-order chi connectivity index (χ1) is 9.19. The predicted molar refractivity (Wildman–Crippen MR) is 82.8 cm³/mol. The van der Waals surface area contributed by atoms with E-state index in [0.29, 0.717) is 0 Å². The van der Waals surface area contributed by atoms with Crippen molar-refractivity contribution in [3.05, 3.63) is 71.8 Å². The van der Waals surface area contributed by atoms with Crippen molar-refractivity contribution in [1.29, 1.82) is 0 Å². The zero-order valence-corrected chi connectivity index (χ0v) is 15.0. The van der Waals surface area contributed by atoms with Gasteiger partial charge in [-0.25, -0.2) is 12.1 Å². The molecule has 0 saturated carbocycles. The van der Waals surface area contributed by atoms with Crippen LogP contribution in [0.15, 0.2) is 60.7 Å². The van der Waals surface area contributed by atoms with E-state index in [9.17, 15) is 0 Å². The molecule has 19 heavy (non-hydrogen) atoms. The van der Waals surface area contributed by atoms with Crippen molar-refractivity contribution >= 4 is 27.8 Å². The number of hydrogen-bond donors (Lipinski definition) is 0. The number of fused-ring (bicyclic) bond motifs is 1. The molecule has 0 aliphatic carbocycles. The van der Waals surface area contributed by atoms with Gasteiger partial charge in [0.25, 0.3) is 0 Å². The fourth-order valence-electron chi connectivity index (χ4n) is 1.80. The molecule has 0 bridgehead atoms. The third-order valence-electron chi connectivity index (χ3n) is 2.70. The minimum Gasteiger partial charge on any atom is -0.214 e. The van der Waals surface area contributed by atoms with Crippen LogP contribution >= 0.6 is 17.0 Å². The molecule has 0 unspecified atom stereocenters. The fraction of sp³-hybridized carbons (Fsp3) is 0.125. The second-order valence-corrected chi connectivity index (χ2v) is 7.87. The zero-order chi connectivity index (χ0) is 14.1. The minimum atomic E-state index is -0.826. The summed E-state index contributed by atoms with van der Waals surface area (Å²) in [5.74, 6) is 0. The van der Waals surface area contributed by atoms with Crippen molar-refractivity contribution in [3.63, 3.8) is 0 Å². The average molecular weight is 370 g/mol. The Morgan fingerprint density at radius 1 is 1.11 bits per heavy atom. The predicted octanol–water partition coefficient (Wildman–Crippen LogP) is 5.96. The third kappa shape index (κ3) is 6.08. The molecular weight excluding hydrogens is 354 g/mol. The maximum Gasteiger partial charge on any atom is -0.172 e. The number of hydrogen-bond acceptors (Lipinski definition) is 0. The van der Waals surface area contributed by atoms with E-state index in [4.69, 9.17) is 17.0 Å². The van der Waals surface area contributed by atoms with Gasteiger partial charge in [-0.2, -0.15) is 30.3 Å². The van der Waals surface area contributed by atoms with Gasteiger partial charge in [-0.05, 0) is 6.92 Å². The quantitative estimate of drug-likeness (QED) is 0.429. The number of rotatable bonds is 0. The maximum absolute atomic E-state index is 4.93. The van der Waals surface area contributed by atoms with Gasteiger partial charge in [0.05, 0.1) is 0 Å². The normalized spacial score (nSPS) is 8.84. The number of benzene rings is 1. The Labute approximate surface area is 133 Å². The van der Waals surface area contributed by atoms with Gasteiger partial charge >= 0.3 is 37.9 Å². The molecule has 0 fully saturated rings. The molecule has 0 heterocycles. The van der Waals surface area contributed by atoms with E-state index >= 15 is 0 Å². The molecule has 0 aromatic heterocycles. The smallest absolute Gasteiger partial charge is 0.172 e. The van der Waals surface area contributed by atoms with Crippen LogP contribution in [0.2, 0.25) is 0 Å². The summed E-state index contributed by atoms with van der Waals surface area (Å²) in [6, 6.07) is 20.9. The van der Waals surface area contributed by atoms with Crippen LogP contribution in [0, 0.1) is 13.8 Å². The summed E-state index contributed by atoms with van der Waals surface area (Å²) in [7, 11) is 9.87. The molecule has 0 aliphatic rings. The molecule has 3 aromatic carbocycles. The Morgan fingerprint density at radius 3 is 2.26 bits per heavy atom. The molecule has 0 aliphatic heterocycles. The molecule has 98 valence electrons. The van der Waals surface area contributed by atoms with Crippen molar-refractivity contribution in [2.75, 3.05) is 0 Å². The van der Waals surface area contributed by atoms with Gasteiger partial charge in [0.1, 0.15) is 0 Å². The summed E-state index contributed by atoms with van der Waals surface area (Å²) in [5.41, 5.74) is 2.71. The standard InChI is InChI=1S/C11H11.C5H5.2ClH.Zr/c1-8-3-6-11-9(2)4-5-10(11)7-8;1-2-4-5-3-1;;;/h3-7H,1-2H3;1-5H;2*1H;/q2*-1;;;+4/p-2. The Hall–Kier alpha value is -0.357. The molecule has 0 spiro atoms. The largest absolute Gasteiger partial charge is 0.214 e. The summed E-state index contributed by atoms with van der Waals surface area (Å²) >= 11 is -0.826. The Balaban J connectivity index is 0.000000188. The summed E-state index contributed by atoms with van der Waals surface area (Å²) in [6.07, 6.45) is 0. The SMILES string of the molecule is Cc1ccc2c(cc[c-]2C)c1.[Cl][Zr+2][Cl].c1cc[cH-]c1. The van der Waals surface area contributed by atoms with Gasteiger partial charge in [0, 0.05) is 0 Å². The monoisotopic (exact) mass is 368 g/mol. The van der Waals surface area contributed by atoms with Crippen LogP contribution in [-0.2, 0) is 20.8 Å². The van der Waals surface area contributed by atoms with Crippen LogP contribution in [0.3, 0.4) is 0 Å². The van der Waals surface area contributed by atoms with Gasteiger partial charge in [0.2, 0.25) is 0 Å². The molecule has 0 amide bonds. The van der Waals surface area contributed by atoms with E-state index in [1.54, 1.807) is 0 Å². The average Bonchev–Trinajstić information content (AvgIpc) is 3.04. The molecule has 0 saturated heterocycles. The maximum atomic E-state index is 4.93. The van der Waals surface area contributed by atoms with Crippen LogP contribution in [0.4, 0.5) is 0 Å². The second kappa shape index (κ2) is 9.53. The van der Waals surface area contributed by atoms with E-state index in [1.807, 2.05) is 30.3 Å². The molecule has 3 aromatic rings. The van der Waals surface area contributed by atoms with E-state index in [0.717, 1.165) is 0 Å². The van der Waals surface area contributed by atoms with Crippen molar-refractivity contribution < 1.29 is 20.8 Å². The van der Waals surface area contributed by atoms with E-state index in [1.165, 1.54) is 21.9 Å². The Morgan fingerprint density at radius 2 is 1.74 bits per heavy atom. The van der Waals surface area contributed by atoms with Gasteiger partial charge in [-0.3, -0.25) is 0 Å². The topological polar surface area (TPSA) is 0 Å². The van der Waals surface area contributed by atoms with Crippen LogP contribution in [0.25, 0.3) is 10.8 Å². The van der Waals surface area contributed by atoms with Gasteiger partial charge in [-0.15, -0.1) is 34.5 Å². The molecule has 0 N–H and O–H groups in total. The van der Waals surface area contributed by atoms with E-state index in [-0.39, 0.29) is 0 Å². The Kier molecular flexibility index (Phi) is 8.38. The van der Waals surface area contributed by atoms with Gasteiger partial charge in [0.15, 0.2) is 0 Å². The first kappa shape index (κ1) is 16.7. The van der Waals surface area contributed by atoms with Crippen LogP contribution in [-0.4, -0.2) is 0 Å². The summed E-state index contributed by atoms with van der Waals surface area (Å²) < 4.78 is 0. The summed E-state index contributed by atoms with van der Waals surface area (Å²) in [5, 5.41) is 2.75. The molecule has 0 radical (unpaired) electrons. The minimum absolute atomic E-state index is 0.826. The first-order valence-electron chi connectivity index (χ1n) is 5.94. The zero-order valence-electron chi connectivity index (χ0n) is 11.0. The van der Waals surface area contributed by atoms with Crippen LogP contribution in [0.5, 0.6) is 0 Å². The molecule has 0 nitrogen and oxygen atoms in total. The van der Waals surface area contributed by atoms with E-state index < -0.39 is 20.8 Å². The van der Waals surface area contributed by atoms with Crippen LogP contribution < -0.4 is 0 Å². The molecule has 0 atom stereocenters. The second-order valence-electron chi connectivity index (χ2n) is 4.14. The van der Waals surface area contributed by atoms with E-state index in [2.05, 4.69) is 44.2 Å². The van der Waals surface area contributed by atoms with Gasteiger partial charge in [-0.1, -0.05) is 12.5 Å². The molecule has 3 rings (SSSR count). The van der Waals surface area contributed by atoms with Crippen molar-refractivity contribution in [2.24, 2.45) is 0 Å².